The van der Waals surface area contributed by atoms with Crippen LogP contribution in [-0.2, 0) is 109 Å². The van der Waals surface area contributed by atoms with Gasteiger partial charge in [-0.25, -0.2) is 0 Å². The van der Waals surface area contributed by atoms with Gasteiger partial charge in [-0.1, -0.05) is 0 Å². The van der Waals surface area contributed by atoms with Crippen LogP contribution in [0.5, 0.6) is 0 Å². The first-order chi connectivity index (χ1) is 35.9. The minimum Gasteiger partial charge on any atom is -0.394 e. The van der Waals surface area contributed by atoms with Gasteiger partial charge in [0, 0.05) is 6.61 Å². The Bertz CT molecular complexity index is 854. The summed E-state index contributed by atoms with van der Waals surface area (Å²) in [7, 11) is 0. The summed E-state index contributed by atoms with van der Waals surface area (Å²) in [5.41, 5.74) is 0. The molecular weight excluding hydrogens is 961 g/mol. The molecule has 0 spiro atoms. The van der Waals surface area contributed by atoms with Gasteiger partial charge in [-0.05, 0) is 6.92 Å². The Kier molecular flexibility index (Phi) is 69.1. The van der Waals surface area contributed by atoms with Crippen molar-refractivity contribution in [3.63, 3.8) is 0 Å². The lowest BCUT2D eigenvalue weighted by atomic mass is 10.6. The second kappa shape index (κ2) is 70.0. The molecule has 0 radical (unpaired) electrons. The van der Waals surface area contributed by atoms with E-state index < -0.39 is 0 Å². The van der Waals surface area contributed by atoms with Gasteiger partial charge in [-0.3, -0.25) is 0 Å². The van der Waals surface area contributed by atoms with E-state index in [1.807, 2.05) is 6.92 Å². The summed E-state index contributed by atoms with van der Waals surface area (Å²) in [6.07, 6.45) is 0. The largest absolute Gasteiger partial charge is 0.394 e. The lowest BCUT2D eigenvalue weighted by molar-refractivity contribution is -0.0319. The van der Waals surface area contributed by atoms with E-state index in [2.05, 4.69) is 0 Å². The van der Waals surface area contributed by atoms with Gasteiger partial charge in [0.2, 0.25) is 0 Å². The molecule has 72 heavy (non-hydrogen) atoms. The van der Waals surface area contributed by atoms with Crippen molar-refractivity contribution in [1.82, 2.24) is 0 Å². The lowest BCUT2D eigenvalue weighted by Crippen LogP contribution is -2.16. The molecule has 1 N–H and O–H groups in total. The Morgan fingerprint density at radius 3 is 0.306 bits per heavy atom. The third-order valence-corrected chi connectivity index (χ3v) is 8.62. The van der Waals surface area contributed by atoms with E-state index in [0.717, 1.165) is 0 Å². The van der Waals surface area contributed by atoms with E-state index >= 15 is 0 Å². The molecule has 0 rings (SSSR count). The van der Waals surface area contributed by atoms with Crippen molar-refractivity contribution >= 4 is 0 Å². The highest BCUT2D eigenvalue weighted by Gasteiger charge is 2.00. The van der Waals surface area contributed by atoms with Gasteiger partial charge in [0.15, 0.2) is 0 Å². The Morgan fingerprint density at radius 2 is 0.222 bits per heavy atom. The van der Waals surface area contributed by atoms with Crippen molar-refractivity contribution < 1.29 is 114 Å². The molecule has 0 unspecified atom stereocenters. The molecule has 24 heteroatoms. The molecule has 0 saturated carbocycles. The standard InChI is InChI=1S/C48H98O24/c1-2-50-5-6-52-9-10-54-13-14-56-17-18-58-21-22-60-25-26-62-29-30-64-33-34-66-37-38-68-41-42-70-45-46-72-48-47-71-44-43-69-40-39-67-36-35-65-32-31-63-28-27-61-24-23-59-20-19-57-16-15-55-12-11-53-8-7-51-4-3-49/h49H,2-48H2,1H3. The molecule has 0 bridgehead atoms. The Balaban J connectivity index is 3.07. The average molecular weight is 1060 g/mol. The van der Waals surface area contributed by atoms with Crippen LogP contribution in [0.2, 0.25) is 0 Å². The van der Waals surface area contributed by atoms with Gasteiger partial charge in [0.05, 0.1) is 304 Å². The van der Waals surface area contributed by atoms with Crippen LogP contribution in [-0.4, -0.2) is 316 Å². The predicted molar refractivity (Wildman–Crippen MR) is 262 cm³/mol. The highest BCUT2D eigenvalue weighted by Crippen LogP contribution is 1.91. The Morgan fingerprint density at radius 1 is 0.139 bits per heavy atom. The van der Waals surface area contributed by atoms with Crippen LogP contribution in [0.25, 0.3) is 0 Å². The van der Waals surface area contributed by atoms with Crippen molar-refractivity contribution in [3.8, 4) is 0 Å². The van der Waals surface area contributed by atoms with Gasteiger partial charge in [-0.2, -0.15) is 0 Å². The molecule has 0 saturated heterocycles. The smallest absolute Gasteiger partial charge is 0.0701 e. The normalized spacial score (nSPS) is 11.8. The van der Waals surface area contributed by atoms with Crippen LogP contribution in [0, 0.1) is 0 Å². The van der Waals surface area contributed by atoms with Crippen molar-refractivity contribution in [2.24, 2.45) is 0 Å². The van der Waals surface area contributed by atoms with Gasteiger partial charge in [0.1, 0.15) is 0 Å². The third-order valence-electron chi connectivity index (χ3n) is 8.62. The first-order valence-electron chi connectivity index (χ1n) is 25.8. The van der Waals surface area contributed by atoms with E-state index in [4.69, 9.17) is 114 Å². The predicted octanol–water partition coefficient (Wildman–Crippen LogP) is 0.380. The molecule has 0 atom stereocenters. The topological polar surface area (TPSA) is 233 Å². The number of aliphatic hydroxyl groups excluding tert-OH is 1. The molecular formula is C48H98O24. The molecule has 0 fully saturated rings. The van der Waals surface area contributed by atoms with E-state index in [-0.39, 0.29) is 6.61 Å². The number of hydrogen-bond acceptors (Lipinski definition) is 24. The number of rotatable bonds is 69. The third kappa shape index (κ3) is 69.0. The number of hydrogen-bond donors (Lipinski definition) is 1. The zero-order valence-corrected chi connectivity index (χ0v) is 44.1. The minimum absolute atomic E-state index is 0.0188. The van der Waals surface area contributed by atoms with E-state index in [1.165, 1.54) is 0 Å². The molecule has 0 heterocycles. The fourth-order valence-corrected chi connectivity index (χ4v) is 5.05. The molecule has 0 aliphatic carbocycles. The highest BCUT2D eigenvalue weighted by molar-refractivity contribution is 4.42. The number of aliphatic hydroxyl groups is 1. The zero-order valence-electron chi connectivity index (χ0n) is 44.1. The molecule has 0 aromatic heterocycles. The van der Waals surface area contributed by atoms with Crippen LogP contribution in [0.3, 0.4) is 0 Å². The summed E-state index contributed by atoms with van der Waals surface area (Å²) in [5.74, 6) is 0. The molecule has 0 aliphatic heterocycles. The van der Waals surface area contributed by atoms with Crippen molar-refractivity contribution in [1.29, 1.82) is 0 Å². The second-order valence-corrected chi connectivity index (χ2v) is 14.4. The maximum Gasteiger partial charge on any atom is 0.0701 e. The summed E-state index contributed by atoms with van der Waals surface area (Å²) in [4.78, 5) is 0. The first-order valence-corrected chi connectivity index (χ1v) is 25.8. The van der Waals surface area contributed by atoms with Crippen LogP contribution < -0.4 is 0 Å². The molecule has 0 aromatic carbocycles. The van der Waals surface area contributed by atoms with Gasteiger partial charge >= 0.3 is 0 Å². The quantitative estimate of drug-likeness (QED) is 0.0812. The SMILES string of the molecule is CCOCCOCCOCCOCCOCCOCCOCCOCCOCCOCCOCCOCCOCCOCCOCCOCCOCCOCCOCCOCCOCCOCCOCCO. The van der Waals surface area contributed by atoms with E-state index in [9.17, 15) is 0 Å². The van der Waals surface area contributed by atoms with Crippen molar-refractivity contribution in [3.05, 3.63) is 0 Å². The highest BCUT2D eigenvalue weighted by atomic mass is 16.6. The minimum atomic E-state index is 0.0188. The summed E-state index contributed by atoms with van der Waals surface area (Å²) >= 11 is 0. The summed E-state index contributed by atoms with van der Waals surface area (Å²) in [5, 5.41) is 8.61. The van der Waals surface area contributed by atoms with Gasteiger partial charge in [0.25, 0.3) is 0 Å². The van der Waals surface area contributed by atoms with Crippen molar-refractivity contribution in [2.45, 2.75) is 6.92 Å². The first kappa shape index (κ1) is 71.0. The summed E-state index contributed by atoms with van der Waals surface area (Å²) in [6.45, 7) is 25.1. The number of ether oxygens (including phenoxy) is 23. The van der Waals surface area contributed by atoms with Crippen molar-refractivity contribution in [2.75, 3.05) is 311 Å². The fraction of sp³-hybridized carbons (Fsp3) is 1.00. The fourth-order valence-electron chi connectivity index (χ4n) is 5.05. The maximum atomic E-state index is 8.61. The molecule has 0 aromatic rings. The van der Waals surface area contributed by atoms with Crippen LogP contribution in [0.1, 0.15) is 6.92 Å². The summed E-state index contributed by atoms with van der Waals surface area (Å²) in [6, 6.07) is 0. The van der Waals surface area contributed by atoms with Crippen LogP contribution >= 0.6 is 0 Å². The lowest BCUT2D eigenvalue weighted by Gasteiger charge is -2.09. The molecule has 434 valence electrons. The Labute approximate surface area is 430 Å². The molecule has 24 nitrogen and oxygen atoms in total. The average Bonchev–Trinajstić information content (AvgIpc) is 3.39. The van der Waals surface area contributed by atoms with Gasteiger partial charge < -0.3 is 114 Å². The second-order valence-electron chi connectivity index (χ2n) is 14.4. The molecule has 0 aliphatic rings. The zero-order chi connectivity index (χ0) is 51.5. The van der Waals surface area contributed by atoms with Crippen LogP contribution in [0.4, 0.5) is 0 Å². The Hall–Kier alpha value is -0.960. The van der Waals surface area contributed by atoms with Crippen LogP contribution in [0.15, 0.2) is 0 Å². The monoisotopic (exact) mass is 1060 g/mol. The maximum absolute atomic E-state index is 8.61. The van der Waals surface area contributed by atoms with E-state index in [0.29, 0.717) is 304 Å². The van der Waals surface area contributed by atoms with Gasteiger partial charge in [-0.15, -0.1) is 0 Å². The molecule has 0 amide bonds. The summed E-state index contributed by atoms with van der Waals surface area (Å²) < 4.78 is 125. The van der Waals surface area contributed by atoms with E-state index in [1.54, 1.807) is 0 Å².